The highest BCUT2D eigenvalue weighted by molar-refractivity contribution is 7.17. The Morgan fingerprint density at radius 3 is 2.77 bits per heavy atom. The molecule has 1 N–H and O–H groups in total. The molecule has 1 aliphatic rings. The quantitative estimate of drug-likeness (QED) is 0.243. The molecule has 2 aromatic rings. The van der Waals surface area contributed by atoms with Crippen molar-refractivity contribution < 1.29 is 19.2 Å². The zero-order valence-corrected chi connectivity index (χ0v) is 17.1. The van der Waals surface area contributed by atoms with E-state index < -0.39 is 16.8 Å². The number of nitro groups is 1. The van der Waals surface area contributed by atoms with Crippen molar-refractivity contribution in [2.24, 2.45) is 0 Å². The topological polar surface area (TPSA) is 122 Å². The first-order chi connectivity index (χ1) is 14.5. The van der Waals surface area contributed by atoms with Crippen molar-refractivity contribution in [1.82, 2.24) is 0 Å². The van der Waals surface area contributed by atoms with Crippen LogP contribution >= 0.6 is 11.3 Å². The number of amides is 1. The minimum atomic E-state index is -0.736. The first kappa shape index (κ1) is 21.2. The Morgan fingerprint density at radius 2 is 2.07 bits per heavy atom. The van der Waals surface area contributed by atoms with E-state index in [-0.39, 0.29) is 23.4 Å². The van der Waals surface area contributed by atoms with Gasteiger partial charge >= 0.3 is 5.97 Å². The molecular formula is C21H19N3O5S. The van der Waals surface area contributed by atoms with Crippen LogP contribution in [0.25, 0.3) is 6.08 Å². The predicted molar refractivity (Wildman–Crippen MR) is 112 cm³/mol. The van der Waals surface area contributed by atoms with Gasteiger partial charge in [-0.3, -0.25) is 14.9 Å². The van der Waals surface area contributed by atoms with Crippen molar-refractivity contribution in [1.29, 1.82) is 5.26 Å². The monoisotopic (exact) mass is 425 g/mol. The van der Waals surface area contributed by atoms with E-state index in [1.54, 1.807) is 19.1 Å². The number of ether oxygens (including phenoxy) is 1. The number of thiophene rings is 1. The molecule has 0 bridgehead atoms. The molecule has 1 amide bonds. The van der Waals surface area contributed by atoms with E-state index in [2.05, 4.69) is 5.32 Å². The molecule has 1 aromatic heterocycles. The molecule has 1 heterocycles. The van der Waals surface area contributed by atoms with E-state index in [0.717, 1.165) is 36.1 Å². The lowest BCUT2D eigenvalue weighted by Crippen LogP contribution is -2.16. The number of hydrogen-bond donors (Lipinski definition) is 1. The van der Waals surface area contributed by atoms with E-state index in [1.807, 2.05) is 0 Å². The minimum Gasteiger partial charge on any atom is -0.462 e. The summed E-state index contributed by atoms with van der Waals surface area (Å²) in [4.78, 5) is 36.9. The van der Waals surface area contributed by atoms with Gasteiger partial charge in [-0.25, -0.2) is 4.79 Å². The van der Waals surface area contributed by atoms with E-state index in [4.69, 9.17) is 4.74 Å². The summed E-state index contributed by atoms with van der Waals surface area (Å²) in [6, 6.07) is 7.62. The van der Waals surface area contributed by atoms with Crippen LogP contribution in [-0.2, 0) is 22.4 Å². The highest BCUT2D eigenvalue weighted by atomic mass is 32.1. The lowest BCUT2D eigenvalue weighted by atomic mass is 9.95. The molecule has 0 aliphatic heterocycles. The average Bonchev–Trinajstić information content (AvgIpc) is 3.10. The van der Waals surface area contributed by atoms with Gasteiger partial charge in [-0.2, -0.15) is 5.26 Å². The number of nitriles is 1. The van der Waals surface area contributed by atoms with Crippen molar-refractivity contribution >= 4 is 40.0 Å². The number of hydrogen-bond acceptors (Lipinski definition) is 7. The van der Waals surface area contributed by atoms with Crippen LogP contribution in [0, 0.1) is 21.4 Å². The van der Waals surface area contributed by atoms with Gasteiger partial charge in [0.15, 0.2) is 0 Å². The molecule has 9 heteroatoms. The molecule has 0 fully saturated rings. The summed E-state index contributed by atoms with van der Waals surface area (Å²) in [6.45, 7) is 1.91. The maximum atomic E-state index is 12.8. The third kappa shape index (κ3) is 4.39. The predicted octanol–water partition coefficient (Wildman–Crippen LogP) is 4.26. The van der Waals surface area contributed by atoms with Crippen LogP contribution in [0.4, 0.5) is 10.7 Å². The molecule has 0 unspecified atom stereocenters. The lowest BCUT2D eigenvalue weighted by Gasteiger charge is -2.12. The molecule has 154 valence electrons. The van der Waals surface area contributed by atoms with Crippen LogP contribution in [0.1, 0.15) is 46.1 Å². The maximum absolute atomic E-state index is 12.8. The van der Waals surface area contributed by atoms with E-state index in [1.165, 1.54) is 35.6 Å². The van der Waals surface area contributed by atoms with Crippen molar-refractivity contribution in [3.8, 4) is 6.07 Å². The lowest BCUT2D eigenvalue weighted by molar-refractivity contribution is -0.385. The van der Waals surface area contributed by atoms with Crippen LogP contribution in [0.15, 0.2) is 29.8 Å². The number of para-hydroxylation sites is 1. The minimum absolute atomic E-state index is 0.144. The van der Waals surface area contributed by atoms with Gasteiger partial charge in [0.2, 0.25) is 0 Å². The van der Waals surface area contributed by atoms with Gasteiger partial charge in [-0.1, -0.05) is 12.1 Å². The van der Waals surface area contributed by atoms with E-state index in [0.29, 0.717) is 10.6 Å². The first-order valence-electron chi connectivity index (χ1n) is 9.44. The fourth-order valence-electron chi connectivity index (χ4n) is 3.32. The third-order valence-electron chi connectivity index (χ3n) is 4.68. The van der Waals surface area contributed by atoms with E-state index >= 15 is 0 Å². The molecule has 1 aliphatic carbocycles. The Kier molecular flexibility index (Phi) is 6.59. The van der Waals surface area contributed by atoms with Crippen molar-refractivity contribution in [3.05, 3.63) is 61.5 Å². The number of carbonyl (C=O) groups excluding carboxylic acids is 2. The number of esters is 1. The Labute approximate surface area is 176 Å². The molecule has 3 rings (SSSR count). The van der Waals surface area contributed by atoms with Gasteiger partial charge < -0.3 is 10.1 Å². The number of rotatable bonds is 6. The van der Waals surface area contributed by atoms with Crippen molar-refractivity contribution in [2.45, 2.75) is 32.6 Å². The summed E-state index contributed by atoms with van der Waals surface area (Å²) >= 11 is 1.31. The molecule has 0 atom stereocenters. The second kappa shape index (κ2) is 9.33. The smallest absolute Gasteiger partial charge is 0.341 e. The first-order valence-corrected chi connectivity index (χ1v) is 10.3. The SMILES string of the molecule is CCOC(=O)c1c(NC(=O)C(C#N)=Cc2ccccc2[N+](=O)[O-])sc2c1CCCC2. The number of nitrogens with zero attached hydrogens (tertiary/aromatic N) is 2. The Bertz CT molecular complexity index is 1080. The summed E-state index contributed by atoms with van der Waals surface area (Å²) in [5.41, 5.74) is 0.863. The van der Waals surface area contributed by atoms with Crippen LogP contribution in [0.2, 0.25) is 0 Å². The molecule has 8 nitrogen and oxygen atoms in total. The Balaban J connectivity index is 1.95. The Hall–Kier alpha value is -3.51. The van der Waals surface area contributed by atoms with Gasteiger partial charge in [0.25, 0.3) is 11.6 Å². The second-order valence-electron chi connectivity index (χ2n) is 6.58. The highest BCUT2D eigenvalue weighted by Crippen LogP contribution is 2.38. The van der Waals surface area contributed by atoms with Crippen LogP contribution in [-0.4, -0.2) is 23.4 Å². The molecule has 30 heavy (non-hydrogen) atoms. The number of nitro benzene ring substituents is 1. The number of nitrogens with one attached hydrogen (secondary N) is 1. The number of anilines is 1. The zero-order valence-electron chi connectivity index (χ0n) is 16.3. The third-order valence-corrected chi connectivity index (χ3v) is 5.88. The molecule has 1 aromatic carbocycles. The van der Waals surface area contributed by atoms with Gasteiger partial charge in [0.1, 0.15) is 16.6 Å². The van der Waals surface area contributed by atoms with Gasteiger partial charge in [-0.05, 0) is 50.3 Å². The molecule has 0 spiro atoms. The fourth-order valence-corrected chi connectivity index (χ4v) is 4.60. The second-order valence-corrected chi connectivity index (χ2v) is 7.68. The van der Waals surface area contributed by atoms with Gasteiger partial charge in [-0.15, -0.1) is 11.3 Å². The standard InChI is InChI=1S/C21H19N3O5S/c1-2-29-21(26)18-15-8-4-6-10-17(15)30-20(18)23-19(25)14(12-22)11-13-7-3-5-9-16(13)24(27)28/h3,5,7,9,11H,2,4,6,8,10H2,1H3,(H,23,25). The summed E-state index contributed by atoms with van der Waals surface area (Å²) < 4.78 is 5.16. The summed E-state index contributed by atoms with van der Waals surface area (Å²) in [5, 5.41) is 23.6. The summed E-state index contributed by atoms with van der Waals surface area (Å²) in [5.74, 6) is -1.24. The summed E-state index contributed by atoms with van der Waals surface area (Å²) in [7, 11) is 0. The average molecular weight is 425 g/mol. The fraction of sp³-hybridized carbons (Fsp3) is 0.286. The molecule has 0 radical (unpaired) electrons. The maximum Gasteiger partial charge on any atom is 0.341 e. The van der Waals surface area contributed by atoms with E-state index in [9.17, 15) is 25.0 Å². The number of carbonyl (C=O) groups is 2. The largest absolute Gasteiger partial charge is 0.462 e. The van der Waals surface area contributed by atoms with Gasteiger partial charge in [0.05, 0.1) is 22.7 Å². The van der Waals surface area contributed by atoms with Crippen molar-refractivity contribution in [3.63, 3.8) is 0 Å². The zero-order chi connectivity index (χ0) is 21.7. The normalized spacial score (nSPS) is 13.1. The number of fused-ring (bicyclic) bond motifs is 1. The van der Waals surface area contributed by atoms with Crippen LogP contribution in [0.5, 0.6) is 0 Å². The number of aryl methyl sites for hydroxylation is 1. The summed E-state index contributed by atoms with van der Waals surface area (Å²) in [6.07, 6.45) is 4.67. The highest BCUT2D eigenvalue weighted by Gasteiger charge is 2.28. The van der Waals surface area contributed by atoms with Crippen molar-refractivity contribution in [2.75, 3.05) is 11.9 Å². The Morgan fingerprint density at radius 1 is 1.33 bits per heavy atom. The number of benzene rings is 1. The van der Waals surface area contributed by atoms with Gasteiger partial charge in [0, 0.05) is 10.9 Å². The van der Waals surface area contributed by atoms with Crippen LogP contribution < -0.4 is 5.32 Å². The molecule has 0 saturated carbocycles. The molecule has 0 saturated heterocycles. The molecular weight excluding hydrogens is 406 g/mol. The van der Waals surface area contributed by atoms with Crippen LogP contribution in [0.3, 0.4) is 0 Å².